The quantitative estimate of drug-likeness (QED) is 0.791. The Morgan fingerprint density at radius 2 is 2.23 bits per heavy atom. The SMILES string of the molecule is CCC(C)NC(=O)Cn1nc(C)n2c(cc3occc32)c1=O. The number of carbonyl (C=O) groups is 1. The molecule has 3 heterocycles. The fourth-order valence-electron chi connectivity index (χ4n) is 2.49. The molecular formula is C15H18N4O3. The fraction of sp³-hybridized carbons (Fsp3) is 0.400. The van der Waals surface area contributed by atoms with Crippen molar-refractivity contribution in [2.45, 2.75) is 39.8 Å². The van der Waals surface area contributed by atoms with Crippen molar-refractivity contribution in [3.63, 3.8) is 0 Å². The molecule has 0 bridgehead atoms. The molecule has 0 aliphatic heterocycles. The lowest BCUT2D eigenvalue weighted by Gasteiger charge is -2.12. The summed E-state index contributed by atoms with van der Waals surface area (Å²) >= 11 is 0. The molecular weight excluding hydrogens is 284 g/mol. The summed E-state index contributed by atoms with van der Waals surface area (Å²) in [4.78, 5) is 24.5. The standard InChI is InChI=1S/C15H18N4O3/c1-4-9(2)16-14(20)8-18-15(21)12-7-13-11(5-6-22-13)19(12)10(3)17-18/h5-7,9H,4,8H2,1-3H3,(H,16,20). The normalized spacial score (nSPS) is 12.9. The van der Waals surface area contributed by atoms with E-state index in [1.165, 1.54) is 4.68 Å². The molecule has 116 valence electrons. The number of rotatable bonds is 4. The Labute approximate surface area is 126 Å². The van der Waals surface area contributed by atoms with E-state index in [9.17, 15) is 9.59 Å². The van der Waals surface area contributed by atoms with Crippen LogP contribution in [-0.4, -0.2) is 26.1 Å². The summed E-state index contributed by atoms with van der Waals surface area (Å²) in [6, 6.07) is 3.54. The monoisotopic (exact) mass is 302 g/mol. The van der Waals surface area contributed by atoms with Crippen molar-refractivity contribution in [1.82, 2.24) is 19.5 Å². The van der Waals surface area contributed by atoms with Crippen LogP contribution < -0.4 is 10.9 Å². The number of nitrogens with zero attached hydrogens (tertiary/aromatic N) is 3. The molecule has 7 heteroatoms. The number of nitrogens with one attached hydrogen (secondary N) is 1. The summed E-state index contributed by atoms with van der Waals surface area (Å²) < 4.78 is 8.26. The van der Waals surface area contributed by atoms with E-state index in [-0.39, 0.29) is 24.1 Å². The molecule has 1 atom stereocenters. The first kappa shape index (κ1) is 14.4. The van der Waals surface area contributed by atoms with Gasteiger partial charge >= 0.3 is 0 Å². The van der Waals surface area contributed by atoms with Crippen molar-refractivity contribution in [2.24, 2.45) is 0 Å². The Morgan fingerprint density at radius 1 is 1.45 bits per heavy atom. The molecule has 0 aromatic carbocycles. The van der Waals surface area contributed by atoms with Crippen LogP contribution in [-0.2, 0) is 11.3 Å². The molecule has 3 aromatic rings. The van der Waals surface area contributed by atoms with Crippen LogP contribution >= 0.6 is 0 Å². The maximum absolute atomic E-state index is 12.5. The highest BCUT2D eigenvalue weighted by atomic mass is 16.3. The molecule has 1 amide bonds. The minimum Gasteiger partial charge on any atom is -0.463 e. The van der Waals surface area contributed by atoms with E-state index in [0.29, 0.717) is 16.9 Å². The van der Waals surface area contributed by atoms with Crippen molar-refractivity contribution < 1.29 is 9.21 Å². The maximum atomic E-state index is 12.5. The average molecular weight is 302 g/mol. The van der Waals surface area contributed by atoms with Gasteiger partial charge in [-0.15, -0.1) is 0 Å². The molecule has 0 aliphatic rings. The van der Waals surface area contributed by atoms with Crippen molar-refractivity contribution in [1.29, 1.82) is 0 Å². The number of hydrogen-bond acceptors (Lipinski definition) is 4. The van der Waals surface area contributed by atoms with Gasteiger partial charge in [0.1, 0.15) is 17.9 Å². The molecule has 0 spiro atoms. The van der Waals surface area contributed by atoms with Crippen LogP contribution in [0.1, 0.15) is 26.1 Å². The van der Waals surface area contributed by atoms with E-state index in [0.717, 1.165) is 11.9 Å². The number of amides is 1. The minimum absolute atomic E-state index is 0.0728. The summed E-state index contributed by atoms with van der Waals surface area (Å²) in [5.74, 6) is 0.408. The minimum atomic E-state index is -0.309. The predicted octanol–water partition coefficient (Wildman–Crippen LogP) is 1.47. The highest BCUT2D eigenvalue weighted by Gasteiger charge is 2.15. The van der Waals surface area contributed by atoms with Gasteiger partial charge < -0.3 is 9.73 Å². The lowest BCUT2D eigenvalue weighted by Crippen LogP contribution is -2.38. The van der Waals surface area contributed by atoms with E-state index < -0.39 is 0 Å². The third-order valence-corrected chi connectivity index (χ3v) is 3.78. The van der Waals surface area contributed by atoms with Crippen LogP contribution in [0.2, 0.25) is 0 Å². The second-order valence-corrected chi connectivity index (χ2v) is 5.42. The molecule has 22 heavy (non-hydrogen) atoms. The van der Waals surface area contributed by atoms with Crippen molar-refractivity contribution in [2.75, 3.05) is 0 Å². The molecule has 0 saturated heterocycles. The number of aryl methyl sites for hydroxylation is 1. The Morgan fingerprint density at radius 3 is 2.95 bits per heavy atom. The van der Waals surface area contributed by atoms with Gasteiger partial charge in [0.25, 0.3) is 5.56 Å². The number of hydrogen-bond donors (Lipinski definition) is 1. The third kappa shape index (κ3) is 2.28. The van der Waals surface area contributed by atoms with Gasteiger partial charge in [-0.3, -0.25) is 14.0 Å². The largest absolute Gasteiger partial charge is 0.463 e. The van der Waals surface area contributed by atoms with Gasteiger partial charge in [0.2, 0.25) is 5.91 Å². The Balaban J connectivity index is 2.02. The van der Waals surface area contributed by atoms with Crippen LogP contribution in [0.5, 0.6) is 0 Å². The van der Waals surface area contributed by atoms with Crippen LogP contribution in [0.25, 0.3) is 16.6 Å². The van der Waals surface area contributed by atoms with Gasteiger partial charge in [-0.25, -0.2) is 4.68 Å². The van der Waals surface area contributed by atoms with E-state index in [4.69, 9.17) is 4.42 Å². The Hall–Kier alpha value is -2.57. The highest BCUT2D eigenvalue weighted by Crippen LogP contribution is 2.19. The van der Waals surface area contributed by atoms with E-state index in [2.05, 4.69) is 10.4 Å². The molecule has 1 unspecified atom stereocenters. The molecule has 7 nitrogen and oxygen atoms in total. The van der Waals surface area contributed by atoms with Gasteiger partial charge in [-0.05, 0) is 20.3 Å². The van der Waals surface area contributed by atoms with Gasteiger partial charge in [0, 0.05) is 18.2 Å². The van der Waals surface area contributed by atoms with Crippen LogP contribution in [0.15, 0.2) is 27.6 Å². The molecule has 0 radical (unpaired) electrons. The predicted molar refractivity (Wildman–Crippen MR) is 81.9 cm³/mol. The molecule has 0 fully saturated rings. The summed E-state index contributed by atoms with van der Waals surface area (Å²) in [7, 11) is 0. The zero-order valence-corrected chi connectivity index (χ0v) is 12.8. The van der Waals surface area contributed by atoms with Crippen molar-refractivity contribution in [3.05, 3.63) is 34.6 Å². The first-order chi connectivity index (χ1) is 10.5. The zero-order valence-electron chi connectivity index (χ0n) is 12.8. The fourth-order valence-corrected chi connectivity index (χ4v) is 2.49. The van der Waals surface area contributed by atoms with Gasteiger partial charge in [-0.2, -0.15) is 5.10 Å². The van der Waals surface area contributed by atoms with Crippen LogP contribution in [0, 0.1) is 6.92 Å². The van der Waals surface area contributed by atoms with Gasteiger partial charge in [0.05, 0.1) is 11.8 Å². The van der Waals surface area contributed by atoms with Crippen molar-refractivity contribution in [3.8, 4) is 0 Å². The lowest BCUT2D eigenvalue weighted by atomic mass is 10.2. The first-order valence-corrected chi connectivity index (χ1v) is 7.27. The molecule has 0 saturated carbocycles. The van der Waals surface area contributed by atoms with Gasteiger partial charge in [0.15, 0.2) is 5.58 Å². The summed E-state index contributed by atoms with van der Waals surface area (Å²) in [5.41, 5.74) is 1.58. The molecule has 3 rings (SSSR count). The Bertz CT molecular complexity index is 903. The third-order valence-electron chi connectivity index (χ3n) is 3.78. The second kappa shape index (κ2) is 5.32. The molecule has 1 N–H and O–H groups in total. The summed E-state index contributed by atoms with van der Waals surface area (Å²) in [5, 5.41) is 7.07. The second-order valence-electron chi connectivity index (χ2n) is 5.42. The number of aromatic nitrogens is 3. The topological polar surface area (TPSA) is 81.5 Å². The lowest BCUT2D eigenvalue weighted by molar-refractivity contribution is -0.122. The molecule has 3 aromatic heterocycles. The van der Waals surface area contributed by atoms with Gasteiger partial charge in [-0.1, -0.05) is 6.92 Å². The summed E-state index contributed by atoms with van der Waals surface area (Å²) in [6.45, 7) is 5.61. The zero-order chi connectivity index (χ0) is 15.9. The first-order valence-electron chi connectivity index (χ1n) is 7.27. The van der Waals surface area contributed by atoms with Crippen LogP contribution in [0.4, 0.5) is 0 Å². The smallest absolute Gasteiger partial charge is 0.291 e. The van der Waals surface area contributed by atoms with E-state index in [1.54, 1.807) is 29.7 Å². The number of fused-ring (bicyclic) bond motifs is 3. The van der Waals surface area contributed by atoms with Crippen LogP contribution in [0.3, 0.4) is 0 Å². The maximum Gasteiger partial charge on any atom is 0.291 e. The van der Waals surface area contributed by atoms with E-state index >= 15 is 0 Å². The number of furan rings is 1. The van der Waals surface area contributed by atoms with E-state index in [1.807, 2.05) is 13.8 Å². The molecule has 0 aliphatic carbocycles. The average Bonchev–Trinajstić information content (AvgIpc) is 3.04. The Kier molecular flexibility index (Phi) is 3.48. The van der Waals surface area contributed by atoms with Crippen molar-refractivity contribution >= 4 is 22.5 Å². The summed E-state index contributed by atoms with van der Waals surface area (Å²) in [6.07, 6.45) is 2.41. The number of carbonyl (C=O) groups excluding carboxylic acids is 1. The highest BCUT2D eigenvalue weighted by molar-refractivity contribution is 5.82.